The molecule has 0 aliphatic carbocycles. The molecule has 1 atom stereocenters. The van der Waals surface area contributed by atoms with Crippen LogP contribution in [0.25, 0.3) is 0 Å². The minimum atomic E-state index is -0.348. The van der Waals surface area contributed by atoms with E-state index in [4.69, 9.17) is 0 Å². The second-order valence-corrected chi connectivity index (χ2v) is 6.88. The summed E-state index contributed by atoms with van der Waals surface area (Å²) < 4.78 is 0. The molecule has 0 aromatic carbocycles. The van der Waals surface area contributed by atoms with E-state index in [2.05, 4.69) is 24.1 Å². The van der Waals surface area contributed by atoms with E-state index in [1.807, 2.05) is 19.9 Å². The summed E-state index contributed by atoms with van der Waals surface area (Å²) in [7, 11) is 3.47. The van der Waals surface area contributed by atoms with Crippen LogP contribution >= 0.6 is 0 Å². The molecule has 1 rings (SSSR count). The van der Waals surface area contributed by atoms with Gasteiger partial charge < -0.3 is 20.3 Å². The fourth-order valence-electron chi connectivity index (χ4n) is 2.44. The maximum Gasteiger partial charge on any atom is 0.269 e. The molecule has 0 fully saturated rings. The van der Waals surface area contributed by atoms with Crippen molar-refractivity contribution in [3.8, 4) is 0 Å². The molecule has 1 amide bonds. The van der Waals surface area contributed by atoms with E-state index in [0.717, 1.165) is 5.69 Å². The average Bonchev–Trinajstić information content (AvgIpc) is 2.85. The van der Waals surface area contributed by atoms with Crippen molar-refractivity contribution < 1.29 is 9.90 Å². The molecule has 1 aromatic heterocycles. The minimum absolute atomic E-state index is 0.0307. The third kappa shape index (κ3) is 4.86. The first kappa shape index (κ1) is 17.7. The first-order chi connectivity index (χ1) is 9.65. The summed E-state index contributed by atoms with van der Waals surface area (Å²) in [5.41, 5.74) is 1.37. The highest BCUT2D eigenvalue weighted by Crippen LogP contribution is 2.25. The van der Waals surface area contributed by atoms with E-state index in [1.54, 1.807) is 25.1 Å². The van der Waals surface area contributed by atoms with Gasteiger partial charge in [-0.05, 0) is 18.1 Å². The topological polar surface area (TPSA) is 68.4 Å². The molecule has 120 valence electrons. The lowest BCUT2D eigenvalue weighted by Crippen LogP contribution is -2.41. The quantitative estimate of drug-likeness (QED) is 0.719. The molecule has 0 radical (unpaired) electrons. The molecule has 0 spiro atoms. The van der Waals surface area contributed by atoms with Gasteiger partial charge in [-0.15, -0.1) is 0 Å². The summed E-state index contributed by atoms with van der Waals surface area (Å²) in [6.07, 6.45) is -0.348. The van der Waals surface area contributed by atoms with Crippen molar-refractivity contribution >= 4 is 5.91 Å². The van der Waals surface area contributed by atoms with E-state index in [1.165, 1.54) is 0 Å². The number of carbonyl (C=O) groups is 1. The number of aromatic nitrogens is 1. The Morgan fingerprint density at radius 2 is 2.00 bits per heavy atom. The highest BCUT2D eigenvalue weighted by atomic mass is 16.3. The molecule has 1 heterocycles. The summed E-state index contributed by atoms with van der Waals surface area (Å²) in [6.45, 7) is 9.52. The predicted octanol–water partition coefficient (Wildman–Crippen LogP) is 1.85. The highest BCUT2D eigenvalue weighted by Gasteiger charge is 2.29. The third-order valence-electron chi connectivity index (χ3n) is 3.71. The number of H-pyrrole nitrogens is 1. The Morgan fingerprint density at radius 1 is 1.38 bits per heavy atom. The third-order valence-corrected chi connectivity index (χ3v) is 3.71. The van der Waals surface area contributed by atoms with E-state index in [-0.39, 0.29) is 23.3 Å². The summed E-state index contributed by atoms with van der Waals surface area (Å²) >= 11 is 0. The van der Waals surface area contributed by atoms with Gasteiger partial charge in [0.2, 0.25) is 0 Å². The average molecular weight is 295 g/mol. The van der Waals surface area contributed by atoms with Crippen molar-refractivity contribution in [3.63, 3.8) is 0 Å². The lowest BCUT2D eigenvalue weighted by molar-refractivity contribution is 0.0134. The number of carbonyl (C=O) groups excluding carboxylic acids is 1. The van der Waals surface area contributed by atoms with Crippen LogP contribution in [-0.4, -0.2) is 47.6 Å². The van der Waals surface area contributed by atoms with Crippen LogP contribution in [0.5, 0.6) is 0 Å². The second-order valence-electron chi connectivity index (χ2n) is 6.88. The van der Waals surface area contributed by atoms with Crippen LogP contribution in [0.3, 0.4) is 0 Å². The highest BCUT2D eigenvalue weighted by molar-refractivity contribution is 5.92. The zero-order chi connectivity index (χ0) is 16.2. The first-order valence-electron chi connectivity index (χ1n) is 7.43. The van der Waals surface area contributed by atoms with Gasteiger partial charge >= 0.3 is 0 Å². The number of hydrogen-bond donors (Lipinski definition) is 3. The van der Waals surface area contributed by atoms with Crippen LogP contribution in [0.15, 0.2) is 12.1 Å². The SMILES string of the molecule is CC(C)C(O)C(C)(C)CNCc1ccc(C(=O)N(C)C)[nH]1. The van der Waals surface area contributed by atoms with Gasteiger partial charge in [-0.25, -0.2) is 0 Å². The largest absolute Gasteiger partial charge is 0.392 e. The molecule has 1 unspecified atom stereocenters. The minimum Gasteiger partial charge on any atom is -0.392 e. The van der Waals surface area contributed by atoms with Crippen LogP contribution in [0, 0.1) is 11.3 Å². The number of aliphatic hydroxyl groups is 1. The van der Waals surface area contributed by atoms with Crippen LogP contribution in [-0.2, 0) is 6.54 Å². The Bertz CT molecular complexity index is 464. The Morgan fingerprint density at radius 3 is 2.52 bits per heavy atom. The van der Waals surface area contributed by atoms with Gasteiger partial charge in [0.15, 0.2) is 0 Å². The van der Waals surface area contributed by atoms with E-state index < -0.39 is 0 Å². The van der Waals surface area contributed by atoms with Crippen LogP contribution in [0.1, 0.15) is 43.9 Å². The number of aliphatic hydroxyl groups excluding tert-OH is 1. The molecule has 0 saturated heterocycles. The molecule has 5 nitrogen and oxygen atoms in total. The van der Waals surface area contributed by atoms with Gasteiger partial charge in [0.25, 0.3) is 5.91 Å². The number of nitrogens with zero attached hydrogens (tertiary/aromatic N) is 1. The second kappa shape index (κ2) is 7.09. The van der Waals surface area contributed by atoms with Gasteiger partial charge in [-0.3, -0.25) is 4.79 Å². The van der Waals surface area contributed by atoms with Crippen molar-refractivity contribution in [2.45, 2.75) is 40.3 Å². The predicted molar refractivity (Wildman–Crippen MR) is 85.1 cm³/mol. The Kier molecular flexibility index (Phi) is 5.98. The van der Waals surface area contributed by atoms with Crippen molar-refractivity contribution in [3.05, 3.63) is 23.5 Å². The van der Waals surface area contributed by atoms with Gasteiger partial charge in [0.1, 0.15) is 5.69 Å². The maximum absolute atomic E-state index is 11.8. The molecule has 21 heavy (non-hydrogen) atoms. The number of aromatic amines is 1. The molecule has 5 heteroatoms. The summed E-state index contributed by atoms with van der Waals surface area (Å²) in [4.78, 5) is 16.5. The fourth-order valence-corrected chi connectivity index (χ4v) is 2.44. The summed E-state index contributed by atoms with van der Waals surface area (Å²) in [6, 6.07) is 3.71. The molecule has 0 saturated carbocycles. The summed E-state index contributed by atoms with van der Waals surface area (Å²) in [5, 5.41) is 13.5. The molecule has 0 aliphatic rings. The van der Waals surface area contributed by atoms with Crippen LogP contribution in [0.4, 0.5) is 0 Å². The standard InChI is InChI=1S/C16H29N3O2/c1-11(2)14(20)16(3,4)10-17-9-12-7-8-13(18-12)15(21)19(5)6/h7-8,11,14,17-18,20H,9-10H2,1-6H3. The normalized spacial score (nSPS) is 13.5. The molecule has 1 aromatic rings. The van der Waals surface area contributed by atoms with Gasteiger partial charge in [-0.2, -0.15) is 0 Å². The van der Waals surface area contributed by atoms with E-state index in [0.29, 0.717) is 18.8 Å². The maximum atomic E-state index is 11.8. The summed E-state index contributed by atoms with van der Waals surface area (Å²) in [5.74, 6) is 0.202. The first-order valence-corrected chi connectivity index (χ1v) is 7.43. The Labute approximate surface area is 127 Å². The van der Waals surface area contributed by atoms with Gasteiger partial charge in [-0.1, -0.05) is 27.7 Å². The van der Waals surface area contributed by atoms with Crippen LogP contribution < -0.4 is 5.32 Å². The van der Waals surface area contributed by atoms with Crippen molar-refractivity contribution in [2.75, 3.05) is 20.6 Å². The van der Waals surface area contributed by atoms with Gasteiger partial charge in [0, 0.05) is 38.3 Å². The van der Waals surface area contributed by atoms with E-state index >= 15 is 0 Å². The Balaban J connectivity index is 2.52. The molecule has 0 aliphatic heterocycles. The molecule has 0 bridgehead atoms. The monoisotopic (exact) mass is 295 g/mol. The lowest BCUT2D eigenvalue weighted by atomic mass is 9.81. The van der Waals surface area contributed by atoms with Gasteiger partial charge in [0.05, 0.1) is 6.10 Å². The number of rotatable bonds is 7. The fraction of sp³-hybridized carbons (Fsp3) is 0.688. The lowest BCUT2D eigenvalue weighted by Gasteiger charge is -2.33. The smallest absolute Gasteiger partial charge is 0.269 e. The molecular formula is C16H29N3O2. The van der Waals surface area contributed by atoms with Crippen molar-refractivity contribution in [1.82, 2.24) is 15.2 Å². The molecule has 3 N–H and O–H groups in total. The van der Waals surface area contributed by atoms with Crippen molar-refractivity contribution in [1.29, 1.82) is 0 Å². The van der Waals surface area contributed by atoms with Crippen molar-refractivity contribution in [2.24, 2.45) is 11.3 Å². The number of amides is 1. The number of hydrogen-bond acceptors (Lipinski definition) is 3. The Hall–Kier alpha value is -1.33. The van der Waals surface area contributed by atoms with Crippen LogP contribution in [0.2, 0.25) is 0 Å². The zero-order valence-corrected chi connectivity index (χ0v) is 14.0. The molecular weight excluding hydrogens is 266 g/mol. The van der Waals surface area contributed by atoms with E-state index in [9.17, 15) is 9.90 Å². The zero-order valence-electron chi connectivity index (χ0n) is 14.0. The number of nitrogens with one attached hydrogen (secondary N) is 2.